The van der Waals surface area contributed by atoms with Crippen molar-refractivity contribution in [2.75, 3.05) is 5.32 Å². The largest absolute Gasteiger partial charge is 0.491 e. The number of nitrogens with one attached hydrogen (secondary N) is 1. The average Bonchev–Trinajstić information content (AvgIpc) is 2.30. The van der Waals surface area contributed by atoms with E-state index >= 15 is 0 Å². The molecule has 0 radical (unpaired) electrons. The van der Waals surface area contributed by atoms with Crippen LogP contribution in [0.2, 0.25) is 0 Å². The van der Waals surface area contributed by atoms with Crippen LogP contribution in [0.4, 0.5) is 5.69 Å². The number of hydrogen-bond acceptors (Lipinski definition) is 3. The standard InChI is InChI=1S/C16H26N2O2/c1-10(2)8-14(17)16(19)18-15-7-6-13(9-12(15)5)20-11(3)4/h6-7,9-11,14H,8,17H2,1-5H3,(H,18,19)/t14-/m1/s1. The zero-order valence-corrected chi connectivity index (χ0v) is 13.1. The maximum atomic E-state index is 12.0. The molecule has 3 N–H and O–H groups in total. The molecule has 0 aromatic heterocycles. The zero-order chi connectivity index (χ0) is 15.3. The van der Waals surface area contributed by atoms with E-state index in [1.54, 1.807) is 0 Å². The maximum absolute atomic E-state index is 12.0. The van der Waals surface area contributed by atoms with E-state index in [1.807, 2.05) is 39.0 Å². The second-order valence-electron chi connectivity index (χ2n) is 5.87. The summed E-state index contributed by atoms with van der Waals surface area (Å²) in [5.41, 5.74) is 7.62. The van der Waals surface area contributed by atoms with Gasteiger partial charge in [-0.2, -0.15) is 0 Å². The number of amides is 1. The quantitative estimate of drug-likeness (QED) is 0.840. The van der Waals surface area contributed by atoms with Crippen molar-refractivity contribution in [3.8, 4) is 5.75 Å². The fraction of sp³-hybridized carbons (Fsp3) is 0.562. The van der Waals surface area contributed by atoms with E-state index < -0.39 is 6.04 Å². The van der Waals surface area contributed by atoms with Crippen LogP contribution >= 0.6 is 0 Å². The molecule has 1 amide bonds. The van der Waals surface area contributed by atoms with Gasteiger partial charge in [0.25, 0.3) is 0 Å². The lowest BCUT2D eigenvalue weighted by molar-refractivity contribution is -0.117. The van der Waals surface area contributed by atoms with E-state index in [0.29, 0.717) is 12.3 Å². The Kier molecular flexibility index (Phi) is 6.02. The number of carbonyl (C=O) groups is 1. The Bertz CT molecular complexity index is 456. The number of anilines is 1. The van der Waals surface area contributed by atoms with E-state index in [9.17, 15) is 4.79 Å². The summed E-state index contributed by atoms with van der Waals surface area (Å²) in [5, 5.41) is 2.88. The molecule has 0 fully saturated rings. The Hall–Kier alpha value is -1.55. The molecule has 1 aromatic carbocycles. The summed E-state index contributed by atoms with van der Waals surface area (Å²) in [4.78, 5) is 12.0. The van der Waals surface area contributed by atoms with Crippen molar-refractivity contribution in [1.29, 1.82) is 0 Å². The summed E-state index contributed by atoms with van der Waals surface area (Å²) < 4.78 is 5.62. The van der Waals surface area contributed by atoms with Gasteiger partial charge in [0, 0.05) is 5.69 Å². The molecule has 1 atom stereocenters. The van der Waals surface area contributed by atoms with Gasteiger partial charge in [-0.3, -0.25) is 4.79 Å². The molecule has 0 aliphatic carbocycles. The minimum Gasteiger partial charge on any atom is -0.491 e. The van der Waals surface area contributed by atoms with Gasteiger partial charge < -0.3 is 15.8 Å². The first-order valence-electron chi connectivity index (χ1n) is 7.13. The van der Waals surface area contributed by atoms with Crippen molar-refractivity contribution >= 4 is 11.6 Å². The molecule has 4 heteroatoms. The summed E-state index contributed by atoms with van der Waals surface area (Å²) in [6, 6.07) is 5.16. The molecule has 1 aromatic rings. The van der Waals surface area contributed by atoms with E-state index in [2.05, 4.69) is 19.2 Å². The Morgan fingerprint density at radius 3 is 2.45 bits per heavy atom. The minimum atomic E-state index is -0.471. The van der Waals surface area contributed by atoms with Gasteiger partial charge in [0.15, 0.2) is 0 Å². The third kappa shape index (κ3) is 5.21. The normalized spacial score (nSPS) is 12.6. The number of aryl methyl sites for hydroxylation is 1. The molecule has 0 aliphatic heterocycles. The van der Waals surface area contributed by atoms with Crippen LogP contribution in [0, 0.1) is 12.8 Å². The summed E-state index contributed by atoms with van der Waals surface area (Å²) >= 11 is 0. The van der Waals surface area contributed by atoms with Crippen LogP contribution in [0.1, 0.15) is 39.7 Å². The third-order valence-corrected chi connectivity index (χ3v) is 2.89. The topological polar surface area (TPSA) is 64.3 Å². The molecular weight excluding hydrogens is 252 g/mol. The predicted octanol–water partition coefficient (Wildman–Crippen LogP) is 3.09. The van der Waals surface area contributed by atoms with Crippen LogP contribution in [0.3, 0.4) is 0 Å². The average molecular weight is 278 g/mol. The zero-order valence-electron chi connectivity index (χ0n) is 13.1. The third-order valence-electron chi connectivity index (χ3n) is 2.89. The highest BCUT2D eigenvalue weighted by molar-refractivity contribution is 5.95. The van der Waals surface area contributed by atoms with Gasteiger partial charge in [0.1, 0.15) is 5.75 Å². The molecule has 0 aliphatic rings. The van der Waals surface area contributed by atoms with E-state index in [1.165, 1.54) is 0 Å². The smallest absolute Gasteiger partial charge is 0.241 e. The molecule has 0 bridgehead atoms. The predicted molar refractivity (Wildman–Crippen MR) is 83.0 cm³/mol. The molecule has 4 nitrogen and oxygen atoms in total. The Morgan fingerprint density at radius 2 is 1.95 bits per heavy atom. The van der Waals surface area contributed by atoms with Crippen molar-refractivity contribution in [3.05, 3.63) is 23.8 Å². The van der Waals surface area contributed by atoms with E-state index in [-0.39, 0.29) is 12.0 Å². The van der Waals surface area contributed by atoms with Gasteiger partial charge in [-0.05, 0) is 56.9 Å². The van der Waals surface area contributed by atoms with Crippen LogP contribution in [0.15, 0.2) is 18.2 Å². The number of rotatable bonds is 6. The lowest BCUT2D eigenvalue weighted by atomic mass is 10.0. The summed E-state index contributed by atoms with van der Waals surface area (Å²) in [6.45, 7) is 10.0. The molecule has 0 heterocycles. The molecule has 0 unspecified atom stereocenters. The maximum Gasteiger partial charge on any atom is 0.241 e. The number of nitrogens with two attached hydrogens (primary N) is 1. The monoisotopic (exact) mass is 278 g/mol. The molecule has 0 saturated carbocycles. The van der Waals surface area contributed by atoms with E-state index in [4.69, 9.17) is 10.5 Å². The van der Waals surface area contributed by atoms with Crippen LogP contribution in [0.5, 0.6) is 5.75 Å². The Balaban J connectivity index is 2.71. The van der Waals surface area contributed by atoms with Crippen LogP contribution in [-0.2, 0) is 4.79 Å². The number of benzene rings is 1. The summed E-state index contributed by atoms with van der Waals surface area (Å²) in [5.74, 6) is 1.07. The van der Waals surface area contributed by atoms with Gasteiger partial charge >= 0.3 is 0 Å². The van der Waals surface area contributed by atoms with Crippen LogP contribution in [-0.4, -0.2) is 18.1 Å². The highest BCUT2D eigenvalue weighted by Crippen LogP contribution is 2.22. The van der Waals surface area contributed by atoms with E-state index in [0.717, 1.165) is 17.0 Å². The molecule has 0 spiro atoms. The van der Waals surface area contributed by atoms with Crippen molar-refractivity contribution in [2.45, 2.75) is 53.2 Å². The van der Waals surface area contributed by atoms with Crippen LogP contribution in [0.25, 0.3) is 0 Å². The number of carbonyl (C=O) groups excluding carboxylic acids is 1. The van der Waals surface area contributed by atoms with Crippen LogP contribution < -0.4 is 15.8 Å². The molecule has 20 heavy (non-hydrogen) atoms. The second-order valence-corrected chi connectivity index (χ2v) is 5.87. The number of hydrogen-bond donors (Lipinski definition) is 2. The van der Waals surface area contributed by atoms with Crippen molar-refractivity contribution in [2.24, 2.45) is 11.7 Å². The lowest BCUT2D eigenvalue weighted by Gasteiger charge is -2.16. The van der Waals surface area contributed by atoms with Gasteiger partial charge in [-0.25, -0.2) is 0 Å². The van der Waals surface area contributed by atoms with Gasteiger partial charge in [0.05, 0.1) is 12.1 Å². The molecule has 112 valence electrons. The van der Waals surface area contributed by atoms with Crippen molar-refractivity contribution in [3.63, 3.8) is 0 Å². The van der Waals surface area contributed by atoms with Crippen molar-refractivity contribution < 1.29 is 9.53 Å². The SMILES string of the molecule is Cc1cc(OC(C)C)ccc1NC(=O)[C@H](N)CC(C)C. The lowest BCUT2D eigenvalue weighted by Crippen LogP contribution is -2.36. The fourth-order valence-corrected chi connectivity index (χ4v) is 1.96. The summed E-state index contributed by atoms with van der Waals surface area (Å²) in [6.07, 6.45) is 0.814. The first kappa shape index (κ1) is 16.5. The Labute approximate surface area is 121 Å². The first-order chi connectivity index (χ1) is 9.29. The molecule has 0 saturated heterocycles. The fourth-order valence-electron chi connectivity index (χ4n) is 1.96. The van der Waals surface area contributed by atoms with Gasteiger partial charge in [0.2, 0.25) is 5.91 Å². The molecular formula is C16H26N2O2. The highest BCUT2D eigenvalue weighted by atomic mass is 16.5. The van der Waals surface area contributed by atoms with Gasteiger partial charge in [-0.15, -0.1) is 0 Å². The molecule has 1 rings (SSSR count). The minimum absolute atomic E-state index is 0.134. The first-order valence-corrected chi connectivity index (χ1v) is 7.13. The number of ether oxygens (including phenoxy) is 1. The van der Waals surface area contributed by atoms with Crippen molar-refractivity contribution in [1.82, 2.24) is 0 Å². The van der Waals surface area contributed by atoms with Gasteiger partial charge in [-0.1, -0.05) is 13.8 Å². The second kappa shape index (κ2) is 7.29. The summed E-state index contributed by atoms with van der Waals surface area (Å²) in [7, 11) is 0. The Morgan fingerprint density at radius 1 is 1.30 bits per heavy atom. The highest BCUT2D eigenvalue weighted by Gasteiger charge is 2.16.